The average molecular weight is 779 g/mol. The van der Waals surface area contributed by atoms with Crippen molar-refractivity contribution in [2.24, 2.45) is 0 Å². The maximum Gasteiger partial charge on any atom is 0.145 e. The van der Waals surface area contributed by atoms with Gasteiger partial charge in [0.2, 0.25) is 0 Å². The monoisotopic (exact) mass is 778 g/mol. The molecule has 0 unspecified atom stereocenters. The smallest absolute Gasteiger partial charge is 0.145 e. The van der Waals surface area contributed by atoms with Gasteiger partial charge in [0.05, 0.1) is 27.8 Å². The molecule has 10 aromatic carbocycles. The second-order valence-corrected chi connectivity index (χ2v) is 15.7. The molecule has 0 aliphatic carbocycles. The van der Waals surface area contributed by atoms with Crippen molar-refractivity contribution in [2.45, 2.75) is 0 Å². The molecule has 0 saturated heterocycles. The van der Waals surface area contributed by atoms with Crippen LogP contribution < -0.4 is 4.90 Å². The van der Waals surface area contributed by atoms with Crippen LogP contribution in [-0.4, -0.2) is 4.57 Å². The summed E-state index contributed by atoms with van der Waals surface area (Å²) in [7, 11) is 0. The van der Waals surface area contributed by atoms with Crippen LogP contribution in [0.25, 0.3) is 93.6 Å². The number of benzene rings is 10. The molecule has 286 valence electrons. The number of hydrogen-bond donors (Lipinski definition) is 0. The zero-order valence-electron chi connectivity index (χ0n) is 33.2. The van der Waals surface area contributed by atoms with E-state index in [4.69, 9.17) is 4.42 Å². The average Bonchev–Trinajstić information content (AvgIpc) is 3.90. The molecular formula is C58H38N2O. The molecule has 61 heavy (non-hydrogen) atoms. The maximum absolute atomic E-state index is 6.83. The Balaban J connectivity index is 1.06. The van der Waals surface area contributed by atoms with Gasteiger partial charge in [-0.2, -0.15) is 0 Å². The number of furan rings is 1. The van der Waals surface area contributed by atoms with E-state index < -0.39 is 0 Å². The quantitative estimate of drug-likeness (QED) is 0.161. The highest BCUT2D eigenvalue weighted by molar-refractivity contribution is 6.21. The third kappa shape index (κ3) is 5.82. The van der Waals surface area contributed by atoms with Crippen molar-refractivity contribution in [2.75, 3.05) is 4.90 Å². The Kier molecular flexibility index (Phi) is 8.17. The molecule has 3 nitrogen and oxygen atoms in total. The highest BCUT2D eigenvalue weighted by atomic mass is 16.3. The zero-order chi connectivity index (χ0) is 40.3. The first-order valence-electron chi connectivity index (χ1n) is 20.8. The number of hydrogen-bond acceptors (Lipinski definition) is 2. The third-order valence-corrected chi connectivity index (χ3v) is 12.2. The minimum Gasteiger partial charge on any atom is -0.455 e. The van der Waals surface area contributed by atoms with Gasteiger partial charge in [-0.1, -0.05) is 164 Å². The summed E-state index contributed by atoms with van der Waals surface area (Å²) in [4.78, 5) is 2.44. The van der Waals surface area contributed by atoms with E-state index in [9.17, 15) is 0 Å². The van der Waals surface area contributed by atoms with Crippen LogP contribution in [0.2, 0.25) is 0 Å². The van der Waals surface area contributed by atoms with Gasteiger partial charge in [0.15, 0.2) is 0 Å². The van der Waals surface area contributed by atoms with E-state index >= 15 is 0 Å². The standard InChI is InChI=1S/C58H38N2O/c1-3-15-43(16-4-1)48-36-37-54(57-50-21-10-12-25-55(50)61-58(48)57)60(53-24-13-23-52-56(53)49-20-9-11-22-51(49)59(52)46-18-5-2-6-19-46)47-34-32-41(33-35-47)40-26-28-42(29-27-40)45-31-30-39-14-7-8-17-44(39)38-45/h1-38H. The summed E-state index contributed by atoms with van der Waals surface area (Å²) in [5, 5.41) is 7.04. The lowest BCUT2D eigenvalue weighted by Gasteiger charge is -2.28. The molecule has 0 atom stereocenters. The highest BCUT2D eigenvalue weighted by Gasteiger charge is 2.25. The predicted octanol–water partition coefficient (Wildman–Crippen LogP) is 16.3. The molecule has 0 aliphatic rings. The van der Waals surface area contributed by atoms with Crippen LogP contribution in [0.1, 0.15) is 0 Å². The molecule has 0 fully saturated rings. The summed E-state index contributed by atoms with van der Waals surface area (Å²) < 4.78 is 9.22. The molecule has 0 aliphatic heterocycles. The molecule has 0 saturated carbocycles. The fourth-order valence-corrected chi connectivity index (χ4v) is 9.32. The molecule has 0 radical (unpaired) electrons. The summed E-state index contributed by atoms with van der Waals surface area (Å²) in [6.07, 6.45) is 0. The summed E-state index contributed by atoms with van der Waals surface area (Å²) in [5.74, 6) is 0. The van der Waals surface area contributed by atoms with Crippen molar-refractivity contribution in [1.82, 2.24) is 4.57 Å². The van der Waals surface area contributed by atoms with Gasteiger partial charge in [0, 0.05) is 33.1 Å². The van der Waals surface area contributed by atoms with E-state index in [-0.39, 0.29) is 0 Å². The molecule has 0 N–H and O–H groups in total. The van der Waals surface area contributed by atoms with E-state index in [1.807, 2.05) is 0 Å². The Morgan fingerprint density at radius 1 is 0.361 bits per heavy atom. The number of aromatic nitrogens is 1. The molecule has 2 heterocycles. The van der Waals surface area contributed by atoms with Crippen LogP contribution in [0.15, 0.2) is 235 Å². The molecule has 2 aromatic heterocycles. The maximum atomic E-state index is 6.83. The fourth-order valence-electron chi connectivity index (χ4n) is 9.32. The summed E-state index contributed by atoms with van der Waals surface area (Å²) in [5.41, 5.74) is 15.3. The number of rotatable bonds is 7. The first-order chi connectivity index (χ1) is 30.3. The summed E-state index contributed by atoms with van der Waals surface area (Å²) in [6.45, 7) is 0. The second kappa shape index (κ2) is 14.3. The lowest BCUT2D eigenvalue weighted by atomic mass is 9.97. The van der Waals surface area contributed by atoms with Crippen molar-refractivity contribution in [3.8, 4) is 39.1 Å². The van der Waals surface area contributed by atoms with E-state index in [1.165, 1.54) is 38.2 Å². The van der Waals surface area contributed by atoms with Crippen molar-refractivity contribution >= 4 is 71.6 Å². The Morgan fingerprint density at radius 3 is 1.74 bits per heavy atom. The summed E-state index contributed by atoms with van der Waals surface area (Å²) in [6, 6.07) is 82.8. The van der Waals surface area contributed by atoms with E-state index in [1.54, 1.807) is 0 Å². The van der Waals surface area contributed by atoms with Gasteiger partial charge in [0.25, 0.3) is 0 Å². The van der Waals surface area contributed by atoms with Crippen molar-refractivity contribution in [1.29, 1.82) is 0 Å². The minimum absolute atomic E-state index is 0.864. The lowest BCUT2D eigenvalue weighted by Crippen LogP contribution is -2.11. The zero-order valence-corrected chi connectivity index (χ0v) is 33.2. The van der Waals surface area contributed by atoms with Gasteiger partial charge in [-0.15, -0.1) is 0 Å². The molecule has 0 bridgehead atoms. The number of fused-ring (bicyclic) bond motifs is 7. The SMILES string of the molecule is c1ccc(-c2ccc(N(c3ccc(-c4ccc(-c5ccc6ccccc6c5)cc4)cc3)c3cccc4c3c3ccccc3n4-c3ccccc3)c3c2oc2ccccc23)cc1. The highest BCUT2D eigenvalue weighted by Crippen LogP contribution is 2.49. The number of anilines is 3. The number of nitrogens with zero attached hydrogens (tertiary/aromatic N) is 2. The Bertz CT molecular complexity index is 3550. The molecule has 12 aromatic rings. The van der Waals surface area contributed by atoms with Gasteiger partial charge in [-0.05, 0) is 105 Å². The van der Waals surface area contributed by atoms with Crippen LogP contribution >= 0.6 is 0 Å². The Labute approximate surface area is 353 Å². The Morgan fingerprint density at radius 2 is 0.951 bits per heavy atom. The second-order valence-electron chi connectivity index (χ2n) is 15.7. The third-order valence-electron chi connectivity index (χ3n) is 12.2. The van der Waals surface area contributed by atoms with Gasteiger partial charge in [0.1, 0.15) is 11.2 Å². The van der Waals surface area contributed by atoms with Crippen molar-refractivity contribution in [3.63, 3.8) is 0 Å². The molecule has 3 heteroatoms. The molecule has 12 rings (SSSR count). The largest absolute Gasteiger partial charge is 0.455 e. The minimum atomic E-state index is 0.864. The van der Waals surface area contributed by atoms with Gasteiger partial charge in [-0.3, -0.25) is 0 Å². The van der Waals surface area contributed by atoms with Crippen LogP contribution in [0.4, 0.5) is 17.1 Å². The molecule has 0 spiro atoms. The van der Waals surface area contributed by atoms with Gasteiger partial charge in [-0.25, -0.2) is 0 Å². The first kappa shape index (κ1) is 34.9. The first-order valence-corrected chi connectivity index (χ1v) is 20.8. The Hall–Kier alpha value is -8.14. The van der Waals surface area contributed by atoms with E-state index in [0.717, 1.165) is 72.4 Å². The summed E-state index contributed by atoms with van der Waals surface area (Å²) >= 11 is 0. The topological polar surface area (TPSA) is 21.3 Å². The van der Waals surface area contributed by atoms with E-state index in [2.05, 4.69) is 240 Å². The van der Waals surface area contributed by atoms with Gasteiger partial charge >= 0.3 is 0 Å². The molecular weight excluding hydrogens is 741 g/mol. The van der Waals surface area contributed by atoms with Crippen LogP contribution in [0.3, 0.4) is 0 Å². The van der Waals surface area contributed by atoms with Crippen LogP contribution in [0, 0.1) is 0 Å². The van der Waals surface area contributed by atoms with Crippen molar-refractivity contribution < 1.29 is 4.42 Å². The van der Waals surface area contributed by atoms with Crippen LogP contribution in [0.5, 0.6) is 0 Å². The van der Waals surface area contributed by atoms with Crippen LogP contribution in [-0.2, 0) is 0 Å². The molecule has 0 amide bonds. The van der Waals surface area contributed by atoms with E-state index in [0.29, 0.717) is 0 Å². The number of para-hydroxylation sites is 3. The van der Waals surface area contributed by atoms with Gasteiger partial charge < -0.3 is 13.9 Å². The fraction of sp³-hybridized carbons (Fsp3) is 0. The van der Waals surface area contributed by atoms with Crippen molar-refractivity contribution in [3.05, 3.63) is 231 Å². The predicted molar refractivity (Wildman–Crippen MR) is 257 cm³/mol. The lowest BCUT2D eigenvalue weighted by molar-refractivity contribution is 0.670. The normalized spacial score (nSPS) is 11.6.